The van der Waals surface area contributed by atoms with Crippen LogP contribution in [0, 0.1) is 5.92 Å². The number of hydrogen-bond donors (Lipinski definition) is 1. The lowest BCUT2D eigenvalue weighted by atomic mass is 10.2. The number of urea groups is 1. The molecule has 104 valence electrons. The van der Waals surface area contributed by atoms with Gasteiger partial charge in [-0.3, -0.25) is 9.69 Å². The first-order chi connectivity index (χ1) is 8.91. The Labute approximate surface area is 113 Å². The summed E-state index contributed by atoms with van der Waals surface area (Å²) in [5, 5.41) is 8.89. The first-order valence-corrected chi connectivity index (χ1v) is 6.21. The Morgan fingerprint density at radius 3 is 2.26 bits per heavy atom. The number of anilines is 1. The topological polar surface area (TPSA) is 60.9 Å². The Morgan fingerprint density at radius 2 is 1.79 bits per heavy atom. The molecule has 0 saturated heterocycles. The predicted molar refractivity (Wildman–Crippen MR) is 74.3 cm³/mol. The number of hydrogen-bond acceptors (Lipinski definition) is 2. The third-order valence-corrected chi connectivity index (χ3v) is 2.61. The largest absolute Gasteiger partial charge is 0.480 e. The molecular formula is C14H20N2O3. The second kappa shape index (κ2) is 6.78. The molecule has 0 unspecified atom stereocenters. The maximum Gasteiger partial charge on any atom is 0.324 e. The summed E-state index contributed by atoms with van der Waals surface area (Å²) in [7, 11) is 1.65. The molecular weight excluding hydrogens is 244 g/mol. The fourth-order valence-electron chi connectivity index (χ4n) is 1.79. The van der Waals surface area contributed by atoms with E-state index in [2.05, 4.69) is 0 Å². The van der Waals surface area contributed by atoms with Crippen LogP contribution in [0.4, 0.5) is 10.5 Å². The summed E-state index contributed by atoms with van der Waals surface area (Å²) in [5.41, 5.74) is 0.742. The zero-order chi connectivity index (χ0) is 14.4. The number of carboxylic acids is 1. The number of carbonyl (C=O) groups is 2. The first kappa shape index (κ1) is 15.0. The summed E-state index contributed by atoms with van der Waals surface area (Å²) in [6.07, 6.45) is 0. The summed E-state index contributed by atoms with van der Waals surface area (Å²) in [6, 6.07) is 8.86. The van der Waals surface area contributed by atoms with Crippen LogP contribution in [0.1, 0.15) is 13.8 Å². The van der Waals surface area contributed by atoms with Gasteiger partial charge in [0.15, 0.2) is 0 Å². The van der Waals surface area contributed by atoms with Gasteiger partial charge in [0.2, 0.25) is 0 Å². The molecule has 1 aromatic rings. The summed E-state index contributed by atoms with van der Waals surface area (Å²) >= 11 is 0. The molecule has 0 fully saturated rings. The van der Waals surface area contributed by atoms with E-state index in [-0.39, 0.29) is 18.5 Å². The minimum Gasteiger partial charge on any atom is -0.480 e. The van der Waals surface area contributed by atoms with E-state index in [4.69, 9.17) is 5.11 Å². The van der Waals surface area contributed by atoms with Crippen molar-refractivity contribution in [3.63, 3.8) is 0 Å². The molecule has 1 rings (SSSR count). The van der Waals surface area contributed by atoms with E-state index in [0.29, 0.717) is 6.54 Å². The molecule has 2 amide bonds. The second-order valence-corrected chi connectivity index (χ2v) is 4.85. The van der Waals surface area contributed by atoms with Gasteiger partial charge in [-0.1, -0.05) is 32.0 Å². The zero-order valence-corrected chi connectivity index (χ0v) is 11.5. The zero-order valence-electron chi connectivity index (χ0n) is 11.5. The Morgan fingerprint density at radius 1 is 1.21 bits per heavy atom. The van der Waals surface area contributed by atoms with Gasteiger partial charge in [0.25, 0.3) is 0 Å². The predicted octanol–water partition coefficient (Wildman–Crippen LogP) is 2.29. The highest BCUT2D eigenvalue weighted by Crippen LogP contribution is 2.14. The highest BCUT2D eigenvalue weighted by Gasteiger charge is 2.22. The van der Waals surface area contributed by atoms with Gasteiger partial charge in [-0.05, 0) is 18.1 Å². The molecule has 0 saturated carbocycles. The molecule has 0 bridgehead atoms. The molecule has 0 aliphatic rings. The summed E-state index contributed by atoms with van der Waals surface area (Å²) < 4.78 is 0. The van der Waals surface area contributed by atoms with E-state index in [1.807, 2.05) is 44.2 Å². The molecule has 0 aromatic heterocycles. The number of carboxylic acid groups (broad SMARTS) is 1. The first-order valence-electron chi connectivity index (χ1n) is 6.21. The average Bonchev–Trinajstić information content (AvgIpc) is 2.36. The molecule has 0 atom stereocenters. The Hall–Kier alpha value is -2.04. The Kier molecular flexibility index (Phi) is 5.36. The summed E-state index contributed by atoms with van der Waals surface area (Å²) in [6.45, 7) is 4.03. The van der Waals surface area contributed by atoms with E-state index < -0.39 is 5.97 Å². The van der Waals surface area contributed by atoms with Gasteiger partial charge in [-0.2, -0.15) is 0 Å². The summed E-state index contributed by atoms with van der Waals surface area (Å²) in [5.74, 6) is -0.789. The van der Waals surface area contributed by atoms with Crippen molar-refractivity contribution in [2.75, 3.05) is 25.0 Å². The van der Waals surface area contributed by atoms with E-state index >= 15 is 0 Å². The molecule has 0 spiro atoms. The quantitative estimate of drug-likeness (QED) is 0.887. The number of rotatable bonds is 5. The van der Waals surface area contributed by atoms with Gasteiger partial charge in [0.1, 0.15) is 6.54 Å². The van der Waals surface area contributed by atoms with Gasteiger partial charge >= 0.3 is 12.0 Å². The lowest BCUT2D eigenvalue weighted by Crippen LogP contribution is -2.45. The summed E-state index contributed by atoms with van der Waals surface area (Å²) in [4.78, 5) is 26.0. The maximum absolute atomic E-state index is 12.3. The van der Waals surface area contributed by atoms with Crippen LogP contribution in [0.5, 0.6) is 0 Å². The highest BCUT2D eigenvalue weighted by atomic mass is 16.4. The SMILES string of the molecule is CC(C)CN(CC(=O)O)C(=O)N(C)c1ccccc1. The van der Waals surface area contributed by atoms with Gasteiger partial charge in [-0.25, -0.2) is 4.79 Å². The molecule has 0 aliphatic heterocycles. The molecule has 5 nitrogen and oxygen atoms in total. The molecule has 1 aromatic carbocycles. The lowest BCUT2D eigenvalue weighted by Gasteiger charge is -2.28. The van der Waals surface area contributed by atoms with Gasteiger partial charge < -0.3 is 10.0 Å². The van der Waals surface area contributed by atoms with Crippen molar-refractivity contribution in [3.8, 4) is 0 Å². The van der Waals surface area contributed by atoms with Crippen LogP contribution in [-0.4, -0.2) is 42.1 Å². The van der Waals surface area contributed by atoms with E-state index in [1.54, 1.807) is 7.05 Å². The number of nitrogens with zero attached hydrogens (tertiary/aromatic N) is 2. The smallest absolute Gasteiger partial charge is 0.324 e. The van der Waals surface area contributed by atoms with Gasteiger partial charge in [-0.15, -0.1) is 0 Å². The van der Waals surface area contributed by atoms with Crippen LogP contribution in [-0.2, 0) is 4.79 Å². The van der Waals surface area contributed by atoms with Gasteiger partial charge in [0, 0.05) is 19.3 Å². The molecule has 0 heterocycles. The third kappa shape index (κ3) is 4.62. The Balaban J connectivity index is 2.83. The highest BCUT2D eigenvalue weighted by molar-refractivity contribution is 5.93. The lowest BCUT2D eigenvalue weighted by molar-refractivity contribution is -0.137. The van der Waals surface area contributed by atoms with Crippen LogP contribution in [0.2, 0.25) is 0 Å². The number of carbonyl (C=O) groups excluding carboxylic acids is 1. The fraction of sp³-hybridized carbons (Fsp3) is 0.429. The van der Waals surface area contributed by atoms with Gasteiger partial charge in [0.05, 0.1) is 0 Å². The molecule has 19 heavy (non-hydrogen) atoms. The van der Waals surface area contributed by atoms with Crippen molar-refractivity contribution in [1.29, 1.82) is 0 Å². The van der Waals surface area contributed by atoms with Crippen molar-refractivity contribution >= 4 is 17.7 Å². The molecule has 0 aliphatic carbocycles. The minimum absolute atomic E-state index is 0.215. The van der Waals surface area contributed by atoms with Crippen LogP contribution in [0.15, 0.2) is 30.3 Å². The van der Waals surface area contributed by atoms with E-state index in [9.17, 15) is 9.59 Å². The third-order valence-electron chi connectivity index (χ3n) is 2.61. The Bertz CT molecular complexity index is 432. The number of amides is 2. The fourth-order valence-corrected chi connectivity index (χ4v) is 1.79. The van der Waals surface area contributed by atoms with Crippen molar-refractivity contribution in [2.24, 2.45) is 5.92 Å². The minimum atomic E-state index is -1.00. The normalized spacial score (nSPS) is 10.3. The van der Waals surface area contributed by atoms with Crippen LogP contribution in [0.3, 0.4) is 0 Å². The average molecular weight is 264 g/mol. The van der Waals surface area contributed by atoms with Crippen molar-refractivity contribution < 1.29 is 14.7 Å². The van der Waals surface area contributed by atoms with Crippen molar-refractivity contribution in [1.82, 2.24) is 4.90 Å². The molecule has 5 heteroatoms. The van der Waals surface area contributed by atoms with Crippen LogP contribution < -0.4 is 4.90 Å². The second-order valence-electron chi connectivity index (χ2n) is 4.85. The monoisotopic (exact) mass is 264 g/mol. The van der Waals surface area contributed by atoms with Crippen molar-refractivity contribution in [2.45, 2.75) is 13.8 Å². The number of benzene rings is 1. The number of para-hydroxylation sites is 1. The standard InChI is InChI=1S/C14H20N2O3/c1-11(2)9-16(10-13(17)18)14(19)15(3)12-7-5-4-6-8-12/h4-8,11H,9-10H2,1-3H3,(H,17,18). The van der Waals surface area contributed by atoms with Crippen LogP contribution in [0.25, 0.3) is 0 Å². The van der Waals surface area contributed by atoms with Crippen LogP contribution >= 0.6 is 0 Å². The number of aliphatic carboxylic acids is 1. The molecule has 1 N–H and O–H groups in total. The molecule has 0 radical (unpaired) electrons. The van der Waals surface area contributed by atoms with Crippen molar-refractivity contribution in [3.05, 3.63) is 30.3 Å². The maximum atomic E-state index is 12.3. The van der Waals surface area contributed by atoms with E-state index in [0.717, 1.165) is 5.69 Å². The van der Waals surface area contributed by atoms with E-state index in [1.165, 1.54) is 9.80 Å².